The first kappa shape index (κ1) is 29.9. The molecular formula is C31H47N5O4. The molecule has 9 nitrogen and oxygen atoms in total. The number of hydrogen-bond acceptors (Lipinski definition) is 5. The molecule has 2 aliphatic heterocycles. The van der Waals surface area contributed by atoms with Gasteiger partial charge in [0.25, 0.3) is 0 Å². The van der Waals surface area contributed by atoms with Gasteiger partial charge in [0, 0.05) is 54.1 Å². The number of methoxy groups -OCH3 is 1. The number of carbonyl (C=O) groups excluding carboxylic acids is 3. The molecule has 2 aliphatic rings. The van der Waals surface area contributed by atoms with Gasteiger partial charge in [0.1, 0.15) is 5.75 Å². The maximum atomic E-state index is 14.4. The van der Waals surface area contributed by atoms with Crippen molar-refractivity contribution in [2.24, 2.45) is 11.8 Å². The van der Waals surface area contributed by atoms with Crippen LogP contribution in [0.25, 0.3) is 10.9 Å². The van der Waals surface area contributed by atoms with Crippen molar-refractivity contribution in [2.75, 3.05) is 40.8 Å². The van der Waals surface area contributed by atoms with Crippen molar-refractivity contribution in [1.82, 2.24) is 25.0 Å². The van der Waals surface area contributed by atoms with Gasteiger partial charge in [0.05, 0.1) is 18.6 Å². The van der Waals surface area contributed by atoms with Gasteiger partial charge in [-0.05, 0) is 98.3 Å². The molecule has 1 aromatic carbocycles. The van der Waals surface area contributed by atoms with Gasteiger partial charge in [-0.3, -0.25) is 14.4 Å². The predicted molar refractivity (Wildman–Crippen MR) is 157 cm³/mol. The molecule has 0 saturated carbocycles. The molecule has 220 valence electrons. The van der Waals surface area contributed by atoms with Crippen LogP contribution in [0.15, 0.2) is 18.2 Å². The number of aromatic amines is 1. The predicted octanol–water partition coefficient (Wildman–Crippen LogP) is 3.52. The van der Waals surface area contributed by atoms with E-state index in [0.29, 0.717) is 25.9 Å². The van der Waals surface area contributed by atoms with Crippen LogP contribution in [0.5, 0.6) is 5.75 Å². The average Bonchev–Trinajstić information content (AvgIpc) is 3.26. The molecule has 3 amide bonds. The van der Waals surface area contributed by atoms with Crippen LogP contribution in [0.1, 0.15) is 65.1 Å². The van der Waals surface area contributed by atoms with Gasteiger partial charge in [-0.1, -0.05) is 0 Å². The summed E-state index contributed by atoms with van der Waals surface area (Å²) in [5.41, 5.74) is 2.18. The Labute approximate surface area is 238 Å². The van der Waals surface area contributed by atoms with Crippen LogP contribution < -0.4 is 10.1 Å². The van der Waals surface area contributed by atoms with Crippen molar-refractivity contribution in [1.29, 1.82) is 0 Å². The molecule has 3 atom stereocenters. The van der Waals surface area contributed by atoms with Crippen molar-refractivity contribution >= 4 is 28.6 Å². The SMILES string of the molecule is COc1ccc2[nH]c3c(c2c1)CCN1C(=O)C(CC(=O)NCCCN(C)C)C[C@H](C(=O)N(C(C)C)C(C)C)[C@@]31C. The van der Waals surface area contributed by atoms with E-state index in [1.54, 1.807) is 7.11 Å². The number of rotatable bonds is 10. The third kappa shape index (κ3) is 5.45. The van der Waals surface area contributed by atoms with Crippen molar-refractivity contribution < 1.29 is 19.1 Å². The van der Waals surface area contributed by atoms with E-state index in [4.69, 9.17) is 4.74 Å². The second-order valence-electron chi connectivity index (χ2n) is 12.4. The van der Waals surface area contributed by atoms with E-state index in [9.17, 15) is 14.4 Å². The first-order valence-corrected chi connectivity index (χ1v) is 14.6. The molecule has 40 heavy (non-hydrogen) atoms. The van der Waals surface area contributed by atoms with Gasteiger partial charge in [-0.2, -0.15) is 0 Å². The quantitative estimate of drug-likeness (QED) is 0.439. The summed E-state index contributed by atoms with van der Waals surface area (Å²) in [6.07, 6.45) is 1.95. The van der Waals surface area contributed by atoms with Gasteiger partial charge >= 0.3 is 0 Å². The summed E-state index contributed by atoms with van der Waals surface area (Å²) >= 11 is 0. The molecule has 4 rings (SSSR count). The van der Waals surface area contributed by atoms with E-state index < -0.39 is 17.4 Å². The lowest BCUT2D eigenvalue weighted by atomic mass is 9.67. The lowest BCUT2D eigenvalue weighted by molar-refractivity contribution is -0.166. The molecular weight excluding hydrogens is 506 g/mol. The molecule has 0 bridgehead atoms. The van der Waals surface area contributed by atoms with Crippen LogP contribution in [0.3, 0.4) is 0 Å². The van der Waals surface area contributed by atoms with Crippen molar-refractivity contribution in [3.05, 3.63) is 29.5 Å². The molecule has 1 aromatic heterocycles. The minimum atomic E-state index is -0.852. The van der Waals surface area contributed by atoms with Gasteiger partial charge in [-0.15, -0.1) is 0 Å². The van der Waals surface area contributed by atoms with E-state index >= 15 is 0 Å². The summed E-state index contributed by atoms with van der Waals surface area (Å²) in [6, 6.07) is 5.97. The zero-order chi connectivity index (χ0) is 29.4. The number of nitrogens with zero attached hydrogens (tertiary/aromatic N) is 3. The Balaban J connectivity index is 1.72. The van der Waals surface area contributed by atoms with Crippen LogP contribution in [-0.2, 0) is 26.3 Å². The number of hydrogen-bond donors (Lipinski definition) is 2. The lowest BCUT2D eigenvalue weighted by Crippen LogP contribution is -2.65. The van der Waals surface area contributed by atoms with Crippen LogP contribution in [0, 0.1) is 11.8 Å². The zero-order valence-electron chi connectivity index (χ0n) is 25.5. The smallest absolute Gasteiger partial charge is 0.228 e. The normalized spacial score (nSPS) is 22.6. The summed E-state index contributed by atoms with van der Waals surface area (Å²) in [4.78, 5) is 50.9. The standard InChI is InChI=1S/C31H47N5O4/c1-19(2)36(20(3)4)30(39)25-16-21(17-27(37)32-13-9-14-34(6)7)29(38)35-15-12-23-24-18-22(40-8)10-11-26(24)33-28(23)31(25,35)5/h10-11,18-21,25,33H,9,12-17H2,1-8H3,(H,32,37)/t21?,25-,31+/m1/s1. The van der Waals surface area contributed by atoms with Crippen LogP contribution in [0.4, 0.5) is 0 Å². The molecule has 9 heteroatoms. The summed E-state index contributed by atoms with van der Waals surface area (Å²) in [5.74, 6) is -0.398. The first-order valence-electron chi connectivity index (χ1n) is 14.6. The number of fused-ring (bicyclic) bond motifs is 5. The van der Waals surface area contributed by atoms with Crippen molar-refractivity contribution in [2.45, 2.75) is 77.9 Å². The highest BCUT2D eigenvalue weighted by molar-refractivity contribution is 5.93. The van der Waals surface area contributed by atoms with Crippen molar-refractivity contribution in [3.8, 4) is 5.75 Å². The van der Waals surface area contributed by atoms with Gasteiger partial charge in [0.15, 0.2) is 0 Å². The van der Waals surface area contributed by atoms with Gasteiger partial charge in [-0.25, -0.2) is 0 Å². The van der Waals surface area contributed by atoms with Gasteiger partial charge < -0.3 is 29.7 Å². The van der Waals surface area contributed by atoms with E-state index in [1.165, 1.54) is 0 Å². The number of aromatic nitrogens is 1. The second kappa shape index (κ2) is 11.8. The molecule has 0 aliphatic carbocycles. The Kier molecular flexibility index (Phi) is 8.83. The Morgan fingerprint density at radius 3 is 2.52 bits per heavy atom. The fourth-order valence-electron chi connectivity index (χ4n) is 6.89. The van der Waals surface area contributed by atoms with E-state index in [-0.39, 0.29) is 36.2 Å². The molecule has 1 fully saturated rings. The number of ether oxygens (including phenoxy) is 1. The fraction of sp³-hybridized carbons (Fsp3) is 0.645. The molecule has 3 heterocycles. The minimum absolute atomic E-state index is 0.00987. The fourth-order valence-corrected chi connectivity index (χ4v) is 6.89. The topological polar surface area (TPSA) is 98.0 Å². The Morgan fingerprint density at radius 2 is 1.90 bits per heavy atom. The summed E-state index contributed by atoms with van der Waals surface area (Å²) in [7, 11) is 5.66. The average molecular weight is 554 g/mol. The van der Waals surface area contributed by atoms with Crippen LogP contribution >= 0.6 is 0 Å². The Bertz CT molecular complexity index is 1240. The number of piperidine rings is 1. The molecule has 2 aromatic rings. The van der Waals surface area contributed by atoms with E-state index in [2.05, 4.69) is 15.2 Å². The highest BCUT2D eigenvalue weighted by atomic mass is 16.5. The largest absolute Gasteiger partial charge is 0.497 e. The lowest BCUT2D eigenvalue weighted by Gasteiger charge is -2.54. The maximum absolute atomic E-state index is 14.4. The minimum Gasteiger partial charge on any atom is -0.497 e. The Hall–Kier alpha value is -3.07. The third-order valence-electron chi connectivity index (χ3n) is 8.78. The number of benzene rings is 1. The Morgan fingerprint density at radius 1 is 1.20 bits per heavy atom. The summed E-state index contributed by atoms with van der Waals surface area (Å²) in [5, 5.41) is 4.05. The first-order chi connectivity index (χ1) is 18.9. The monoisotopic (exact) mass is 553 g/mol. The second-order valence-corrected chi connectivity index (χ2v) is 12.4. The molecule has 0 spiro atoms. The highest BCUT2D eigenvalue weighted by Crippen LogP contribution is 2.50. The molecule has 1 saturated heterocycles. The number of H-pyrrole nitrogens is 1. The van der Waals surface area contributed by atoms with E-state index in [0.717, 1.165) is 40.9 Å². The number of nitrogens with one attached hydrogen (secondary N) is 2. The maximum Gasteiger partial charge on any atom is 0.228 e. The number of amides is 3. The van der Waals surface area contributed by atoms with Crippen LogP contribution in [-0.4, -0.2) is 90.3 Å². The van der Waals surface area contributed by atoms with Gasteiger partial charge in [0.2, 0.25) is 17.7 Å². The molecule has 2 N–H and O–H groups in total. The van der Waals surface area contributed by atoms with E-state index in [1.807, 2.05) is 76.7 Å². The number of carbonyl (C=O) groups is 3. The summed E-state index contributed by atoms with van der Waals surface area (Å²) < 4.78 is 5.49. The third-order valence-corrected chi connectivity index (χ3v) is 8.78. The van der Waals surface area contributed by atoms with Crippen LogP contribution in [0.2, 0.25) is 0 Å². The summed E-state index contributed by atoms with van der Waals surface area (Å²) in [6.45, 7) is 12.1. The molecule has 1 unspecified atom stereocenters. The van der Waals surface area contributed by atoms with Crippen molar-refractivity contribution in [3.63, 3.8) is 0 Å². The zero-order valence-corrected chi connectivity index (χ0v) is 25.5. The highest BCUT2D eigenvalue weighted by Gasteiger charge is 2.57. The molecule has 0 radical (unpaired) electrons.